The molecule has 2 aromatic rings. The van der Waals surface area contributed by atoms with Gasteiger partial charge in [-0.05, 0) is 36.5 Å². The van der Waals surface area contributed by atoms with Gasteiger partial charge in [-0.2, -0.15) is 0 Å². The van der Waals surface area contributed by atoms with Gasteiger partial charge in [0.1, 0.15) is 18.0 Å². The minimum Gasteiger partial charge on any atom is -0.487 e. The first-order chi connectivity index (χ1) is 12.3. The van der Waals surface area contributed by atoms with Crippen molar-refractivity contribution in [2.75, 3.05) is 6.61 Å². The molecule has 0 heterocycles. The molecular weight excluding hydrogens is 319 g/mol. The van der Waals surface area contributed by atoms with Crippen molar-refractivity contribution in [3.8, 4) is 5.75 Å². The molecule has 3 nitrogen and oxygen atoms in total. The molecule has 0 saturated heterocycles. The Kier molecular flexibility index (Phi) is 6.42. The van der Waals surface area contributed by atoms with Crippen molar-refractivity contribution in [2.24, 2.45) is 0 Å². The van der Waals surface area contributed by atoms with E-state index in [2.05, 4.69) is 0 Å². The van der Waals surface area contributed by atoms with Crippen molar-refractivity contribution in [2.45, 2.75) is 50.7 Å². The molecule has 0 bridgehead atoms. The van der Waals surface area contributed by atoms with E-state index in [1.807, 2.05) is 54.6 Å². The molecule has 2 aromatic carbocycles. The van der Waals surface area contributed by atoms with Crippen molar-refractivity contribution < 1.29 is 19.0 Å². The fourth-order valence-corrected chi connectivity index (χ4v) is 3.23. The van der Waals surface area contributed by atoms with Gasteiger partial charge in [0.25, 0.3) is 0 Å². The number of alkyl halides is 1. The molecule has 134 valence electrons. The van der Waals surface area contributed by atoms with Crippen molar-refractivity contribution in [1.29, 1.82) is 0 Å². The summed E-state index contributed by atoms with van der Waals surface area (Å²) in [6.45, 7) is 0.572. The Labute approximate surface area is 148 Å². The highest BCUT2D eigenvalue weighted by atomic mass is 19.1. The summed E-state index contributed by atoms with van der Waals surface area (Å²) >= 11 is 0. The summed E-state index contributed by atoms with van der Waals surface area (Å²) in [6, 6.07) is 17.5. The van der Waals surface area contributed by atoms with E-state index in [9.17, 15) is 4.39 Å². The Morgan fingerprint density at radius 1 is 1.00 bits per heavy atom. The Morgan fingerprint density at radius 2 is 1.76 bits per heavy atom. The maximum atomic E-state index is 14.6. The minimum atomic E-state index is -1.04. The molecular formula is C21H25FO3. The zero-order valence-electron chi connectivity index (χ0n) is 14.3. The molecule has 1 saturated carbocycles. The zero-order valence-corrected chi connectivity index (χ0v) is 14.3. The lowest BCUT2D eigenvalue weighted by molar-refractivity contribution is -0.0423. The highest BCUT2D eigenvalue weighted by Gasteiger charge is 2.33. The van der Waals surface area contributed by atoms with Crippen LogP contribution >= 0.6 is 0 Å². The molecule has 3 rings (SSSR count). The van der Waals surface area contributed by atoms with E-state index in [0.717, 1.165) is 17.5 Å². The fraction of sp³-hybridized carbons (Fsp3) is 0.429. The lowest BCUT2D eigenvalue weighted by Crippen LogP contribution is -2.38. The van der Waals surface area contributed by atoms with Crippen molar-refractivity contribution in [1.82, 2.24) is 0 Å². The van der Waals surface area contributed by atoms with Gasteiger partial charge in [0, 0.05) is 13.0 Å². The first-order valence-electron chi connectivity index (χ1n) is 8.91. The number of para-hydroxylation sites is 1. The molecule has 1 N–H and O–H groups in total. The molecule has 4 heteroatoms. The standard InChI is InChI=1S/C21H25FO3/c22-19-14-18(24-15-16-6-2-1-3-7-16)10-11-21(19)25-20-9-5-4-8-17(20)12-13-23/h1-9,18-19,21,23H,10-15H2. The quantitative estimate of drug-likeness (QED) is 0.823. The van der Waals surface area contributed by atoms with Gasteiger partial charge in [0.05, 0.1) is 12.7 Å². The molecule has 0 amide bonds. The smallest absolute Gasteiger partial charge is 0.139 e. The normalized spacial score (nSPS) is 23.4. The topological polar surface area (TPSA) is 38.7 Å². The molecule has 3 atom stereocenters. The van der Waals surface area contributed by atoms with Crippen LogP contribution in [0, 0.1) is 0 Å². The second kappa shape index (κ2) is 8.97. The van der Waals surface area contributed by atoms with Crippen LogP contribution in [0.25, 0.3) is 0 Å². The number of benzene rings is 2. The first kappa shape index (κ1) is 17.9. The molecule has 1 fully saturated rings. The van der Waals surface area contributed by atoms with Crippen LogP contribution in [-0.2, 0) is 17.8 Å². The third-order valence-corrected chi connectivity index (χ3v) is 4.63. The van der Waals surface area contributed by atoms with Crippen LogP contribution in [0.5, 0.6) is 5.75 Å². The van der Waals surface area contributed by atoms with Crippen LogP contribution in [0.2, 0.25) is 0 Å². The van der Waals surface area contributed by atoms with Gasteiger partial charge in [0.2, 0.25) is 0 Å². The summed E-state index contributed by atoms with van der Waals surface area (Å²) in [5.74, 6) is 0.674. The second-order valence-electron chi connectivity index (χ2n) is 6.49. The van der Waals surface area contributed by atoms with Gasteiger partial charge in [-0.3, -0.25) is 0 Å². The molecule has 25 heavy (non-hydrogen) atoms. The van der Waals surface area contributed by atoms with Gasteiger partial charge in [0.15, 0.2) is 0 Å². The summed E-state index contributed by atoms with van der Waals surface area (Å²) in [4.78, 5) is 0. The van der Waals surface area contributed by atoms with Gasteiger partial charge in [-0.25, -0.2) is 4.39 Å². The van der Waals surface area contributed by atoms with Crippen LogP contribution in [0.15, 0.2) is 54.6 Å². The fourth-order valence-electron chi connectivity index (χ4n) is 3.23. The number of hydrogen-bond acceptors (Lipinski definition) is 3. The van der Waals surface area contributed by atoms with E-state index in [4.69, 9.17) is 14.6 Å². The van der Waals surface area contributed by atoms with Gasteiger partial charge in [-0.1, -0.05) is 48.5 Å². The van der Waals surface area contributed by atoms with E-state index < -0.39 is 12.3 Å². The predicted molar refractivity (Wildman–Crippen MR) is 95.4 cm³/mol. The Hall–Kier alpha value is -1.91. The maximum absolute atomic E-state index is 14.6. The molecule has 0 radical (unpaired) electrons. The summed E-state index contributed by atoms with van der Waals surface area (Å²) in [6.07, 6.45) is 0.743. The highest BCUT2D eigenvalue weighted by Crippen LogP contribution is 2.30. The van der Waals surface area contributed by atoms with Crippen LogP contribution in [-0.4, -0.2) is 30.1 Å². The van der Waals surface area contributed by atoms with Crippen LogP contribution < -0.4 is 4.74 Å². The second-order valence-corrected chi connectivity index (χ2v) is 6.49. The number of aliphatic hydroxyl groups is 1. The number of aliphatic hydroxyl groups excluding tert-OH is 1. The van der Waals surface area contributed by atoms with Gasteiger partial charge in [-0.15, -0.1) is 0 Å². The third kappa shape index (κ3) is 5.03. The minimum absolute atomic E-state index is 0.0551. The van der Waals surface area contributed by atoms with E-state index in [0.29, 0.717) is 31.6 Å². The van der Waals surface area contributed by atoms with Gasteiger partial charge < -0.3 is 14.6 Å². The van der Waals surface area contributed by atoms with Crippen molar-refractivity contribution >= 4 is 0 Å². The largest absolute Gasteiger partial charge is 0.487 e. The summed E-state index contributed by atoms with van der Waals surface area (Å²) < 4.78 is 26.4. The molecule has 1 aliphatic rings. The molecule has 0 aliphatic heterocycles. The van der Waals surface area contributed by atoms with Crippen LogP contribution in [0.3, 0.4) is 0 Å². The zero-order chi connectivity index (χ0) is 17.5. The number of ether oxygens (including phenoxy) is 2. The Balaban J connectivity index is 1.52. The average molecular weight is 344 g/mol. The van der Waals surface area contributed by atoms with Crippen LogP contribution in [0.1, 0.15) is 30.4 Å². The molecule has 0 spiro atoms. The third-order valence-electron chi connectivity index (χ3n) is 4.63. The van der Waals surface area contributed by atoms with E-state index >= 15 is 0 Å². The van der Waals surface area contributed by atoms with Gasteiger partial charge >= 0.3 is 0 Å². The SMILES string of the molecule is OCCc1ccccc1OC1CCC(OCc2ccccc2)CC1F. The monoisotopic (exact) mass is 344 g/mol. The predicted octanol–water partition coefficient (Wildman–Crippen LogP) is 4.08. The molecule has 3 unspecified atom stereocenters. The lowest BCUT2D eigenvalue weighted by atomic mass is 9.93. The maximum Gasteiger partial charge on any atom is 0.139 e. The van der Waals surface area contributed by atoms with E-state index in [1.54, 1.807) is 0 Å². The Morgan fingerprint density at radius 3 is 2.52 bits per heavy atom. The Bertz CT molecular complexity index is 647. The summed E-state index contributed by atoms with van der Waals surface area (Å²) in [5.41, 5.74) is 2.02. The van der Waals surface area contributed by atoms with Crippen LogP contribution in [0.4, 0.5) is 4.39 Å². The molecule has 0 aromatic heterocycles. The van der Waals surface area contributed by atoms with Crippen molar-refractivity contribution in [3.05, 3.63) is 65.7 Å². The number of halogens is 1. The first-order valence-corrected chi connectivity index (χ1v) is 8.91. The summed E-state index contributed by atoms with van der Waals surface area (Å²) in [5, 5.41) is 9.14. The number of hydrogen-bond donors (Lipinski definition) is 1. The highest BCUT2D eigenvalue weighted by molar-refractivity contribution is 5.33. The lowest BCUT2D eigenvalue weighted by Gasteiger charge is -2.32. The average Bonchev–Trinajstić information content (AvgIpc) is 2.64. The number of rotatable bonds is 7. The van der Waals surface area contributed by atoms with E-state index in [1.165, 1.54) is 0 Å². The van der Waals surface area contributed by atoms with Crippen molar-refractivity contribution in [3.63, 3.8) is 0 Å². The summed E-state index contributed by atoms with van der Waals surface area (Å²) in [7, 11) is 0. The molecule has 1 aliphatic carbocycles. The van der Waals surface area contributed by atoms with E-state index in [-0.39, 0.29) is 12.7 Å².